The summed E-state index contributed by atoms with van der Waals surface area (Å²) >= 11 is 1.34. The molecule has 33 heavy (non-hydrogen) atoms. The molecule has 1 N–H and O–H groups in total. The van der Waals surface area contributed by atoms with Gasteiger partial charge in [-0.25, -0.2) is 4.79 Å². The van der Waals surface area contributed by atoms with E-state index in [-0.39, 0.29) is 12.5 Å². The summed E-state index contributed by atoms with van der Waals surface area (Å²) in [6, 6.07) is 12.1. The summed E-state index contributed by atoms with van der Waals surface area (Å²) in [7, 11) is 0. The van der Waals surface area contributed by atoms with E-state index < -0.39 is 5.97 Å². The molecule has 0 atom stereocenters. The molecule has 1 amide bonds. The first-order valence-electron chi connectivity index (χ1n) is 11.2. The van der Waals surface area contributed by atoms with Gasteiger partial charge < -0.3 is 14.8 Å². The molecule has 3 aromatic rings. The van der Waals surface area contributed by atoms with Crippen LogP contribution >= 0.6 is 11.3 Å². The maximum absolute atomic E-state index is 12.7. The molecule has 0 saturated carbocycles. The van der Waals surface area contributed by atoms with Crippen molar-refractivity contribution >= 4 is 28.2 Å². The summed E-state index contributed by atoms with van der Waals surface area (Å²) in [5.41, 5.74) is 6.64. The number of ether oxygens (including phenoxy) is 2. The van der Waals surface area contributed by atoms with E-state index in [1.54, 1.807) is 6.92 Å². The lowest BCUT2D eigenvalue weighted by Crippen LogP contribution is -2.15. The molecule has 2 aromatic carbocycles. The number of hydrogen-bond donors (Lipinski definition) is 1. The van der Waals surface area contributed by atoms with Gasteiger partial charge in [0.1, 0.15) is 16.3 Å². The largest absolute Gasteiger partial charge is 0.493 e. The molecule has 3 rings (SSSR count). The van der Waals surface area contributed by atoms with Crippen LogP contribution < -0.4 is 10.1 Å². The lowest BCUT2D eigenvalue weighted by molar-refractivity contribution is -0.116. The van der Waals surface area contributed by atoms with Crippen LogP contribution in [-0.2, 0) is 9.53 Å². The number of hydrogen-bond acceptors (Lipinski definition) is 5. The molecular weight excluding hydrogens is 434 g/mol. The predicted molar refractivity (Wildman–Crippen MR) is 134 cm³/mol. The van der Waals surface area contributed by atoms with Crippen molar-refractivity contribution in [2.45, 2.75) is 47.5 Å². The highest BCUT2D eigenvalue weighted by Gasteiger charge is 2.23. The van der Waals surface area contributed by atoms with Gasteiger partial charge in [-0.05, 0) is 74.9 Å². The highest BCUT2D eigenvalue weighted by molar-refractivity contribution is 7.15. The van der Waals surface area contributed by atoms with Crippen LogP contribution in [0.3, 0.4) is 0 Å². The summed E-state index contributed by atoms with van der Waals surface area (Å²) in [6.07, 6.45) is 0.868. The number of thiophene rings is 1. The lowest BCUT2D eigenvalue weighted by Gasteiger charge is -2.11. The molecular formula is C27H31NO4S. The summed E-state index contributed by atoms with van der Waals surface area (Å²) in [5.74, 6) is 0.260. The molecule has 1 heterocycles. The van der Waals surface area contributed by atoms with Crippen molar-refractivity contribution in [1.29, 1.82) is 0 Å². The Morgan fingerprint density at radius 2 is 1.73 bits per heavy atom. The summed E-state index contributed by atoms with van der Waals surface area (Å²) in [5, 5.41) is 5.32. The van der Waals surface area contributed by atoms with Gasteiger partial charge in [0.25, 0.3) is 0 Å². The first-order chi connectivity index (χ1) is 15.8. The monoisotopic (exact) mass is 465 g/mol. The summed E-state index contributed by atoms with van der Waals surface area (Å²) < 4.78 is 11.1. The average molecular weight is 466 g/mol. The number of esters is 1. The second-order valence-corrected chi connectivity index (χ2v) is 9.02. The maximum Gasteiger partial charge on any atom is 0.341 e. The smallest absolute Gasteiger partial charge is 0.341 e. The fraction of sp³-hybridized carbons (Fsp3) is 0.333. The molecule has 0 aliphatic rings. The van der Waals surface area contributed by atoms with Crippen molar-refractivity contribution in [3.05, 3.63) is 69.6 Å². The zero-order valence-electron chi connectivity index (χ0n) is 19.9. The van der Waals surface area contributed by atoms with Crippen LogP contribution in [0.15, 0.2) is 41.8 Å². The summed E-state index contributed by atoms with van der Waals surface area (Å²) in [4.78, 5) is 25.4. The van der Waals surface area contributed by atoms with Gasteiger partial charge in [-0.3, -0.25) is 4.79 Å². The van der Waals surface area contributed by atoms with E-state index in [9.17, 15) is 9.59 Å². The van der Waals surface area contributed by atoms with Crippen LogP contribution in [0.25, 0.3) is 11.1 Å². The average Bonchev–Trinajstić information content (AvgIpc) is 3.19. The van der Waals surface area contributed by atoms with Crippen molar-refractivity contribution in [3.8, 4) is 16.9 Å². The second-order valence-electron chi connectivity index (χ2n) is 8.14. The van der Waals surface area contributed by atoms with E-state index >= 15 is 0 Å². The zero-order chi connectivity index (χ0) is 24.0. The van der Waals surface area contributed by atoms with Crippen molar-refractivity contribution < 1.29 is 19.1 Å². The lowest BCUT2D eigenvalue weighted by atomic mass is 9.99. The quantitative estimate of drug-likeness (QED) is 0.285. The Morgan fingerprint density at radius 3 is 2.45 bits per heavy atom. The maximum atomic E-state index is 12.7. The number of benzene rings is 2. The van der Waals surface area contributed by atoms with Gasteiger partial charge in [-0.1, -0.05) is 30.3 Å². The minimum Gasteiger partial charge on any atom is -0.493 e. The molecule has 1 aromatic heterocycles. The molecule has 0 spiro atoms. The Hall–Kier alpha value is -3.12. The van der Waals surface area contributed by atoms with E-state index in [1.807, 2.05) is 56.5 Å². The van der Waals surface area contributed by atoms with Crippen LogP contribution in [0.1, 0.15) is 52.4 Å². The number of amides is 1. The van der Waals surface area contributed by atoms with Crippen LogP contribution in [0, 0.1) is 27.7 Å². The number of rotatable bonds is 9. The molecule has 174 valence electrons. The van der Waals surface area contributed by atoms with Gasteiger partial charge in [0, 0.05) is 17.4 Å². The predicted octanol–water partition coefficient (Wildman–Crippen LogP) is 6.62. The van der Waals surface area contributed by atoms with Crippen molar-refractivity contribution in [3.63, 3.8) is 0 Å². The first-order valence-corrected chi connectivity index (χ1v) is 12.0. The highest BCUT2D eigenvalue weighted by atomic mass is 32.1. The van der Waals surface area contributed by atoms with Gasteiger partial charge in [0.2, 0.25) is 5.91 Å². The Balaban J connectivity index is 1.68. The molecule has 0 bridgehead atoms. The first kappa shape index (κ1) is 24.5. The van der Waals surface area contributed by atoms with Crippen LogP contribution in [0.5, 0.6) is 5.75 Å². The Labute approximate surface area is 199 Å². The SMILES string of the molecule is CCOC(=O)c1c(-c2ccc(C)c(C)c2)csc1NC(=O)CCCOc1cc(C)ccc1C. The molecule has 0 aliphatic heterocycles. The van der Waals surface area contributed by atoms with Crippen LogP contribution in [-0.4, -0.2) is 25.1 Å². The van der Waals surface area contributed by atoms with Crippen molar-refractivity contribution in [1.82, 2.24) is 0 Å². The van der Waals surface area contributed by atoms with E-state index in [1.165, 1.54) is 16.9 Å². The van der Waals surface area contributed by atoms with Gasteiger partial charge in [-0.15, -0.1) is 11.3 Å². The molecule has 0 aliphatic carbocycles. The summed E-state index contributed by atoms with van der Waals surface area (Å²) in [6.45, 7) is 10.6. The van der Waals surface area contributed by atoms with Crippen molar-refractivity contribution in [2.75, 3.05) is 18.5 Å². The molecule has 0 fully saturated rings. The molecule has 0 radical (unpaired) electrons. The Bertz CT molecular complexity index is 1150. The molecule has 0 unspecified atom stereocenters. The minimum absolute atomic E-state index is 0.154. The molecule has 5 nitrogen and oxygen atoms in total. The molecule has 6 heteroatoms. The number of carbonyl (C=O) groups is 2. The number of carbonyl (C=O) groups excluding carboxylic acids is 2. The van der Waals surface area contributed by atoms with Gasteiger partial charge >= 0.3 is 5.97 Å². The van der Waals surface area contributed by atoms with Crippen molar-refractivity contribution in [2.24, 2.45) is 0 Å². The topological polar surface area (TPSA) is 64.6 Å². The fourth-order valence-corrected chi connectivity index (χ4v) is 4.42. The highest BCUT2D eigenvalue weighted by Crippen LogP contribution is 2.37. The normalized spacial score (nSPS) is 10.7. The van der Waals surface area contributed by atoms with Gasteiger partial charge in [0.05, 0.1) is 13.2 Å². The fourth-order valence-electron chi connectivity index (χ4n) is 3.44. The Kier molecular flexibility index (Phi) is 8.28. The van der Waals surface area contributed by atoms with E-state index in [0.717, 1.165) is 33.6 Å². The second kappa shape index (κ2) is 11.1. The minimum atomic E-state index is -0.430. The van der Waals surface area contributed by atoms with E-state index in [2.05, 4.69) is 18.3 Å². The molecule has 0 saturated heterocycles. The number of aryl methyl sites for hydroxylation is 4. The number of nitrogens with one attached hydrogen (secondary N) is 1. The van der Waals surface area contributed by atoms with Crippen LogP contribution in [0.4, 0.5) is 5.00 Å². The third kappa shape index (κ3) is 6.23. The number of anilines is 1. The van der Waals surface area contributed by atoms with Crippen LogP contribution in [0.2, 0.25) is 0 Å². The van der Waals surface area contributed by atoms with Gasteiger partial charge in [0.15, 0.2) is 0 Å². The van der Waals surface area contributed by atoms with E-state index in [0.29, 0.717) is 30.0 Å². The zero-order valence-corrected chi connectivity index (χ0v) is 20.7. The van der Waals surface area contributed by atoms with E-state index in [4.69, 9.17) is 9.47 Å². The third-order valence-corrected chi connectivity index (χ3v) is 6.39. The van der Waals surface area contributed by atoms with Gasteiger partial charge in [-0.2, -0.15) is 0 Å². The standard InChI is InChI=1S/C27H31NO4S/c1-6-31-27(30)25-22(21-12-11-18(3)20(5)15-21)16-33-26(25)28-24(29)8-7-13-32-23-14-17(2)9-10-19(23)4/h9-12,14-16H,6-8,13H2,1-5H3,(H,28,29). The third-order valence-electron chi connectivity index (χ3n) is 5.49. The Morgan fingerprint density at radius 1 is 0.970 bits per heavy atom.